The fourth-order valence-electron chi connectivity index (χ4n) is 1.50. The number of alkyl halides is 3. The Morgan fingerprint density at radius 3 is 2.10 bits per heavy atom. The summed E-state index contributed by atoms with van der Waals surface area (Å²) in [4.78, 5) is 3.07. The first-order chi connectivity index (χ1) is 9.21. The summed E-state index contributed by atoms with van der Waals surface area (Å²) in [5.74, 6) is -7.69. The molecule has 2 aromatic rings. The van der Waals surface area contributed by atoms with Crippen LogP contribution >= 0.6 is 0 Å². The molecule has 0 saturated carbocycles. The lowest BCUT2D eigenvalue weighted by Crippen LogP contribution is -2.08. The van der Waals surface area contributed by atoms with E-state index in [4.69, 9.17) is 0 Å². The largest absolute Gasteiger partial charge is 0.433 e. The molecule has 0 aliphatic carbocycles. The Labute approximate surface area is 107 Å². The van der Waals surface area contributed by atoms with Crippen molar-refractivity contribution in [1.82, 2.24) is 4.98 Å². The molecule has 0 saturated heterocycles. The van der Waals surface area contributed by atoms with Gasteiger partial charge in [0.2, 0.25) is 0 Å². The van der Waals surface area contributed by atoms with Crippen LogP contribution in [0, 0.1) is 23.3 Å². The second kappa shape index (κ2) is 4.77. The quantitative estimate of drug-likeness (QED) is 0.433. The summed E-state index contributed by atoms with van der Waals surface area (Å²) in [5.41, 5.74) is -2.91. The number of benzene rings is 1. The van der Waals surface area contributed by atoms with Gasteiger partial charge in [0.25, 0.3) is 0 Å². The monoisotopic (exact) mass is 295 g/mol. The standard InChI is InChI=1S/C12H4F7N/c13-6-4-5(9(14)11(16)10(6)15)7-2-1-3-8(20-7)12(17,18)19/h1-4H. The van der Waals surface area contributed by atoms with Gasteiger partial charge in [0.15, 0.2) is 23.3 Å². The molecule has 0 unspecified atom stereocenters. The Kier molecular flexibility index (Phi) is 3.41. The molecule has 0 radical (unpaired) electrons. The molecular weight excluding hydrogens is 291 g/mol. The van der Waals surface area contributed by atoms with Crippen molar-refractivity contribution < 1.29 is 30.7 Å². The Balaban J connectivity index is 2.64. The van der Waals surface area contributed by atoms with Gasteiger partial charge in [-0.2, -0.15) is 13.2 Å². The van der Waals surface area contributed by atoms with Gasteiger partial charge in [0, 0.05) is 5.56 Å². The van der Waals surface area contributed by atoms with Gasteiger partial charge in [-0.25, -0.2) is 22.5 Å². The lowest BCUT2D eigenvalue weighted by Gasteiger charge is -2.09. The van der Waals surface area contributed by atoms with Crippen molar-refractivity contribution in [3.8, 4) is 11.3 Å². The van der Waals surface area contributed by atoms with Crippen molar-refractivity contribution in [2.75, 3.05) is 0 Å². The third kappa shape index (κ3) is 2.45. The maximum absolute atomic E-state index is 13.5. The Morgan fingerprint density at radius 2 is 1.50 bits per heavy atom. The molecule has 0 amide bonds. The van der Waals surface area contributed by atoms with Crippen LogP contribution in [0.3, 0.4) is 0 Å². The van der Waals surface area contributed by atoms with E-state index < -0.39 is 46.4 Å². The number of rotatable bonds is 1. The van der Waals surface area contributed by atoms with Crippen LogP contribution in [0.15, 0.2) is 24.3 Å². The summed E-state index contributed by atoms with van der Waals surface area (Å²) in [7, 11) is 0. The van der Waals surface area contributed by atoms with Gasteiger partial charge in [0.1, 0.15) is 5.69 Å². The minimum Gasteiger partial charge on any atom is -0.243 e. The van der Waals surface area contributed by atoms with Crippen molar-refractivity contribution in [2.45, 2.75) is 6.18 Å². The second-order valence-electron chi connectivity index (χ2n) is 3.75. The van der Waals surface area contributed by atoms with Crippen LogP contribution in [0.1, 0.15) is 5.69 Å². The molecule has 0 aliphatic rings. The van der Waals surface area contributed by atoms with E-state index in [1.54, 1.807) is 0 Å². The summed E-state index contributed by atoms with van der Waals surface area (Å²) >= 11 is 0. The Morgan fingerprint density at radius 1 is 0.850 bits per heavy atom. The zero-order valence-corrected chi connectivity index (χ0v) is 9.40. The molecule has 0 atom stereocenters. The molecule has 1 heterocycles. The first kappa shape index (κ1) is 14.3. The highest BCUT2D eigenvalue weighted by atomic mass is 19.4. The molecule has 0 bridgehead atoms. The topological polar surface area (TPSA) is 12.9 Å². The van der Waals surface area contributed by atoms with E-state index in [1.807, 2.05) is 0 Å². The van der Waals surface area contributed by atoms with Crippen LogP contribution in [-0.4, -0.2) is 4.98 Å². The van der Waals surface area contributed by atoms with Crippen molar-refractivity contribution in [2.24, 2.45) is 0 Å². The van der Waals surface area contributed by atoms with Crippen LogP contribution < -0.4 is 0 Å². The summed E-state index contributed by atoms with van der Waals surface area (Å²) in [5, 5.41) is 0. The second-order valence-corrected chi connectivity index (χ2v) is 3.75. The number of pyridine rings is 1. The van der Waals surface area contributed by atoms with E-state index in [1.165, 1.54) is 0 Å². The maximum atomic E-state index is 13.5. The van der Waals surface area contributed by atoms with Crippen molar-refractivity contribution >= 4 is 0 Å². The van der Waals surface area contributed by atoms with Crippen LogP contribution in [0.25, 0.3) is 11.3 Å². The van der Waals surface area contributed by atoms with Crippen molar-refractivity contribution in [1.29, 1.82) is 0 Å². The lowest BCUT2D eigenvalue weighted by molar-refractivity contribution is -0.141. The number of hydrogen-bond donors (Lipinski definition) is 0. The summed E-state index contributed by atoms with van der Waals surface area (Å²) in [6.45, 7) is 0. The highest BCUT2D eigenvalue weighted by Crippen LogP contribution is 2.31. The fraction of sp³-hybridized carbons (Fsp3) is 0.0833. The van der Waals surface area contributed by atoms with Gasteiger partial charge < -0.3 is 0 Å². The normalized spacial score (nSPS) is 11.8. The maximum Gasteiger partial charge on any atom is 0.433 e. The first-order valence-corrected chi connectivity index (χ1v) is 5.09. The molecule has 0 aliphatic heterocycles. The molecule has 1 nitrogen and oxygen atoms in total. The number of halogens is 7. The van der Waals surface area contributed by atoms with E-state index in [9.17, 15) is 30.7 Å². The van der Waals surface area contributed by atoms with E-state index in [2.05, 4.69) is 4.98 Å². The molecule has 0 N–H and O–H groups in total. The van der Waals surface area contributed by atoms with E-state index in [0.717, 1.165) is 12.1 Å². The van der Waals surface area contributed by atoms with E-state index >= 15 is 0 Å². The molecule has 1 aromatic heterocycles. The van der Waals surface area contributed by atoms with Crippen LogP contribution in [-0.2, 0) is 6.18 Å². The van der Waals surface area contributed by atoms with Crippen LogP contribution in [0.4, 0.5) is 30.7 Å². The van der Waals surface area contributed by atoms with Gasteiger partial charge in [-0.1, -0.05) is 6.07 Å². The molecule has 8 heteroatoms. The zero-order chi connectivity index (χ0) is 15.1. The highest BCUT2D eigenvalue weighted by molar-refractivity contribution is 5.60. The molecule has 106 valence electrons. The van der Waals surface area contributed by atoms with Crippen LogP contribution in [0.5, 0.6) is 0 Å². The van der Waals surface area contributed by atoms with Gasteiger partial charge in [0.05, 0.1) is 5.69 Å². The first-order valence-electron chi connectivity index (χ1n) is 5.09. The predicted molar refractivity (Wildman–Crippen MR) is 54.5 cm³/mol. The SMILES string of the molecule is Fc1cc(-c2cccc(C(F)(F)F)n2)c(F)c(F)c1F. The third-order valence-electron chi connectivity index (χ3n) is 2.42. The third-order valence-corrected chi connectivity index (χ3v) is 2.42. The highest BCUT2D eigenvalue weighted by Gasteiger charge is 2.33. The van der Waals surface area contributed by atoms with Gasteiger partial charge in [-0.15, -0.1) is 0 Å². The minimum atomic E-state index is -4.80. The molecule has 1 aromatic carbocycles. The van der Waals surface area contributed by atoms with E-state index in [-0.39, 0.29) is 6.07 Å². The van der Waals surface area contributed by atoms with Gasteiger partial charge >= 0.3 is 6.18 Å². The summed E-state index contributed by atoms with van der Waals surface area (Å²) < 4.78 is 89.6. The summed E-state index contributed by atoms with van der Waals surface area (Å²) in [6, 6.07) is 2.67. The number of nitrogens with zero attached hydrogens (tertiary/aromatic N) is 1. The molecule has 20 heavy (non-hydrogen) atoms. The predicted octanol–water partition coefficient (Wildman–Crippen LogP) is 4.32. The van der Waals surface area contributed by atoms with Gasteiger partial charge in [-0.05, 0) is 18.2 Å². The zero-order valence-electron chi connectivity index (χ0n) is 9.40. The van der Waals surface area contributed by atoms with Crippen molar-refractivity contribution in [3.05, 3.63) is 53.2 Å². The smallest absolute Gasteiger partial charge is 0.243 e. The minimum absolute atomic E-state index is 0.246. The lowest BCUT2D eigenvalue weighted by atomic mass is 10.1. The Bertz CT molecular complexity index is 664. The van der Waals surface area contributed by atoms with Crippen LogP contribution in [0.2, 0.25) is 0 Å². The number of aromatic nitrogens is 1. The van der Waals surface area contributed by atoms with Crippen molar-refractivity contribution in [3.63, 3.8) is 0 Å². The molecule has 0 spiro atoms. The number of hydrogen-bond acceptors (Lipinski definition) is 1. The summed E-state index contributed by atoms with van der Waals surface area (Å²) in [6.07, 6.45) is -4.80. The molecular formula is C12H4F7N. The van der Waals surface area contributed by atoms with Gasteiger partial charge in [-0.3, -0.25) is 0 Å². The average Bonchev–Trinajstić information content (AvgIpc) is 2.40. The van der Waals surface area contributed by atoms with E-state index in [0.29, 0.717) is 6.07 Å². The average molecular weight is 295 g/mol. The Hall–Kier alpha value is -2.12. The fourth-order valence-corrected chi connectivity index (χ4v) is 1.50. The molecule has 2 rings (SSSR count). The molecule has 0 fully saturated rings.